The van der Waals surface area contributed by atoms with Gasteiger partial charge in [0.05, 0.1) is 19.8 Å². The van der Waals surface area contributed by atoms with E-state index in [9.17, 15) is 4.79 Å². The van der Waals surface area contributed by atoms with Crippen LogP contribution in [0, 0.1) is 0 Å². The van der Waals surface area contributed by atoms with Crippen molar-refractivity contribution in [2.24, 2.45) is 7.05 Å². The molecular formula is C20H27ClN4O2. The molecule has 27 heavy (non-hydrogen) atoms. The third-order valence-electron chi connectivity index (χ3n) is 4.79. The van der Waals surface area contributed by atoms with E-state index in [1.165, 1.54) is 0 Å². The van der Waals surface area contributed by atoms with Crippen molar-refractivity contribution in [2.45, 2.75) is 13.0 Å². The molecule has 0 radical (unpaired) electrons. The molecule has 2 amide bonds. The average Bonchev–Trinajstić information content (AvgIpc) is 3.08. The number of hydrogen-bond acceptors (Lipinski definition) is 3. The summed E-state index contributed by atoms with van der Waals surface area (Å²) in [5.74, 6) is 0. The molecule has 1 N–H and O–H groups in total. The molecule has 6 nitrogen and oxygen atoms in total. The van der Waals surface area contributed by atoms with E-state index in [4.69, 9.17) is 16.3 Å². The van der Waals surface area contributed by atoms with Gasteiger partial charge in [-0.3, -0.25) is 4.90 Å². The molecule has 7 heteroatoms. The molecule has 2 aromatic rings. The van der Waals surface area contributed by atoms with Crippen molar-refractivity contribution in [3.05, 3.63) is 53.3 Å². The van der Waals surface area contributed by atoms with Gasteiger partial charge in [0, 0.05) is 55.8 Å². The Hall–Kier alpha value is -2.02. The number of morpholine rings is 1. The number of aromatic nitrogens is 1. The molecule has 3 rings (SSSR count). The van der Waals surface area contributed by atoms with Crippen molar-refractivity contribution in [1.29, 1.82) is 0 Å². The van der Waals surface area contributed by atoms with Crippen LogP contribution in [-0.4, -0.2) is 59.8 Å². The van der Waals surface area contributed by atoms with Crippen molar-refractivity contribution in [3.63, 3.8) is 0 Å². The predicted molar refractivity (Wildman–Crippen MR) is 108 cm³/mol. The molecule has 0 saturated carbocycles. The topological polar surface area (TPSA) is 49.7 Å². The zero-order chi connectivity index (χ0) is 19.1. The Bertz CT molecular complexity index is 726. The van der Waals surface area contributed by atoms with Gasteiger partial charge in [-0.1, -0.05) is 11.6 Å². The summed E-state index contributed by atoms with van der Waals surface area (Å²) in [6, 6.07) is 11.1. The minimum absolute atomic E-state index is 0.0968. The first kappa shape index (κ1) is 19.7. The molecule has 0 bridgehead atoms. The minimum Gasteiger partial charge on any atom is -0.379 e. The second kappa shape index (κ2) is 9.78. The van der Waals surface area contributed by atoms with Gasteiger partial charge in [0.2, 0.25) is 0 Å². The van der Waals surface area contributed by atoms with Gasteiger partial charge in [-0.15, -0.1) is 0 Å². The van der Waals surface area contributed by atoms with Gasteiger partial charge < -0.3 is 19.5 Å². The number of nitrogens with one attached hydrogen (secondary N) is 1. The summed E-state index contributed by atoms with van der Waals surface area (Å²) in [4.78, 5) is 17.1. The number of ether oxygens (including phenoxy) is 1. The number of rotatable bonds is 7. The third-order valence-corrected chi connectivity index (χ3v) is 5.04. The van der Waals surface area contributed by atoms with Crippen LogP contribution in [0.2, 0.25) is 5.02 Å². The Morgan fingerprint density at radius 3 is 2.63 bits per heavy atom. The van der Waals surface area contributed by atoms with Gasteiger partial charge >= 0.3 is 6.03 Å². The van der Waals surface area contributed by atoms with Crippen LogP contribution in [0.15, 0.2) is 42.6 Å². The number of urea groups is 1. The molecule has 0 unspecified atom stereocenters. The summed E-state index contributed by atoms with van der Waals surface area (Å²) in [6.07, 6.45) is 2.93. The van der Waals surface area contributed by atoms with Crippen LogP contribution in [0.25, 0.3) is 0 Å². The lowest BCUT2D eigenvalue weighted by Gasteiger charge is -2.28. The summed E-state index contributed by atoms with van der Waals surface area (Å²) in [5, 5.41) is 3.63. The van der Waals surface area contributed by atoms with Crippen LogP contribution < -0.4 is 5.32 Å². The Balaban J connectivity index is 1.60. The molecule has 1 aromatic heterocycles. The molecule has 2 heterocycles. The third kappa shape index (κ3) is 5.99. The summed E-state index contributed by atoms with van der Waals surface area (Å²) >= 11 is 5.93. The van der Waals surface area contributed by atoms with Crippen molar-refractivity contribution in [3.8, 4) is 0 Å². The summed E-state index contributed by atoms with van der Waals surface area (Å²) in [7, 11) is 2.00. The lowest BCUT2D eigenvalue weighted by Crippen LogP contribution is -2.40. The van der Waals surface area contributed by atoms with Gasteiger partial charge in [0.1, 0.15) is 0 Å². The highest BCUT2D eigenvalue weighted by Crippen LogP contribution is 2.15. The molecule has 0 atom stereocenters. The molecule has 1 aromatic carbocycles. The van der Waals surface area contributed by atoms with E-state index in [0.29, 0.717) is 18.1 Å². The molecule has 1 aliphatic rings. The summed E-state index contributed by atoms with van der Waals surface area (Å²) in [5.41, 5.74) is 1.85. The van der Waals surface area contributed by atoms with Crippen LogP contribution in [0.5, 0.6) is 0 Å². The molecule has 0 aliphatic carbocycles. The number of amides is 2. The fourth-order valence-electron chi connectivity index (χ4n) is 3.15. The highest BCUT2D eigenvalue weighted by molar-refractivity contribution is 6.30. The highest BCUT2D eigenvalue weighted by Gasteiger charge is 2.17. The number of aryl methyl sites for hydroxylation is 1. The van der Waals surface area contributed by atoms with Crippen LogP contribution in [0.1, 0.15) is 12.1 Å². The second-order valence-corrected chi connectivity index (χ2v) is 7.21. The maximum Gasteiger partial charge on any atom is 0.322 e. The minimum atomic E-state index is -0.0968. The van der Waals surface area contributed by atoms with E-state index >= 15 is 0 Å². The zero-order valence-electron chi connectivity index (χ0n) is 15.7. The van der Waals surface area contributed by atoms with E-state index in [1.54, 1.807) is 12.1 Å². The van der Waals surface area contributed by atoms with Crippen LogP contribution in [-0.2, 0) is 18.3 Å². The van der Waals surface area contributed by atoms with Crippen molar-refractivity contribution >= 4 is 23.3 Å². The predicted octanol–water partition coefficient (Wildman–Crippen LogP) is 3.43. The van der Waals surface area contributed by atoms with Gasteiger partial charge in [0.25, 0.3) is 0 Å². The lowest BCUT2D eigenvalue weighted by atomic mass is 10.3. The van der Waals surface area contributed by atoms with E-state index in [1.807, 2.05) is 47.0 Å². The van der Waals surface area contributed by atoms with Gasteiger partial charge in [-0.25, -0.2) is 4.79 Å². The van der Waals surface area contributed by atoms with Crippen LogP contribution in [0.3, 0.4) is 0 Å². The Kier molecular flexibility index (Phi) is 7.15. The summed E-state index contributed by atoms with van der Waals surface area (Å²) < 4.78 is 7.44. The number of nitrogens with zero attached hydrogens (tertiary/aromatic N) is 3. The first-order valence-corrected chi connectivity index (χ1v) is 9.71. The van der Waals surface area contributed by atoms with E-state index in [0.717, 1.165) is 50.7 Å². The first-order valence-electron chi connectivity index (χ1n) is 9.33. The molecule has 1 saturated heterocycles. The Morgan fingerprint density at radius 1 is 1.22 bits per heavy atom. The van der Waals surface area contributed by atoms with Crippen molar-refractivity contribution in [2.75, 3.05) is 44.7 Å². The first-order chi connectivity index (χ1) is 13.1. The number of anilines is 1. The Morgan fingerprint density at radius 2 is 1.96 bits per heavy atom. The maximum absolute atomic E-state index is 12.9. The van der Waals surface area contributed by atoms with Crippen molar-refractivity contribution in [1.82, 2.24) is 14.4 Å². The molecule has 146 valence electrons. The normalized spacial score (nSPS) is 14.9. The second-order valence-electron chi connectivity index (χ2n) is 6.78. The van der Waals surface area contributed by atoms with Gasteiger partial charge in [-0.05, 0) is 42.8 Å². The fraction of sp³-hybridized carbons (Fsp3) is 0.450. The Labute approximate surface area is 165 Å². The summed E-state index contributed by atoms with van der Waals surface area (Å²) in [6.45, 7) is 5.77. The molecule has 1 aliphatic heterocycles. The number of hydrogen-bond donors (Lipinski definition) is 1. The number of halogens is 1. The van der Waals surface area contributed by atoms with Crippen molar-refractivity contribution < 1.29 is 9.53 Å². The fourth-order valence-corrected chi connectivity index (χ4v) is 3.28. The number of benzene rings is 1. The van der Waals surface area contributed by atoms with E-state index in [2.05, 4.69) is 10.2 Å². The molecule has 1 fully saturated rings. The molecule has 0 spiro atoms. The standard InChI is InChI=1S/C20H27ClN4O2/c1-23-9-2-4-19(23)16-25(11-3-10-24-12-14-27-15-13-24)20(26)22-18-7-5-17(21)6-8-18/h2,4-9H,3,10-16H2,1H3,(H,22,26). The molecular weight excluding hydrogens is 364 g/mol. The van der Waals surface area contributed by atoms with Gasteiger partial charge in [-0.2, -0.15) is 0 Å². The SMILES string of the molecule is Cn1cccc1CN(CCCN1CCOCC1)C(=O)Nc1ccc(Cl)cc1. The smallest absolute Gasteiger partial charge is 0.322 e. The van der Waals surface area contributed by atoms with E-state index in [-0.39, 0.29) is 6.03 Å². The zero-order valence-corrected chi connectivity index (χ0v) is 16.5. The lowest BCUT2D eigenvalue weighted by molar-refractivity contribution is 0.0365. The maximum atomic E-state index is 12.9. The number of carbonyl (C=O) groups is 1. The highest BCUT2D eigenvalue weighted by atomic mass is 35.5. The van der Waals surface area contributed by atoms with Crippen LogP contribution >= 0.6 is 11.6 Å². The number of carbonyl (C=O) groups excluding carboxylic acids is 1. The van der Waals surface area contributed by atoms with E-state index < -0.39 is 0 Å². The monoisotopic (exact) mass is 390 g/mol. The van der Waals surface area contributed by atoms with Gasteiger partial charge in [0.15, 0.2) is 0 Å². The average molecular weight is 391 g/mol. The largest absolute Gasteiger partial charge is 0.379 e. The quantitative estimate of drug-likeness (QED) is 0.787. The van der Waals surface area contributed by atoms with Crippen LogP contribution in [0.4, 0.5) is 10.5 Å².